The summed E-state index contributed by atoms with van der Waals surface area (Å²) in [4.78, 5) is 30.0. The Morgan fingerprint density at radius 1 is 1.00 bits per heavy atom. The maximum absolute atomic E-state index is 13.4. The first-order chi connectivity index (χ1) is 14.4. The molecule has 0 spiro atoms. The van der Waals surface area contributed by atoms with E-state index in [4.69, 9.17) is 23.2 Å². The third-order valence-corrected chi connectivity index (χ3v) is 6.43. The van der Waals surface area contributed by atoms with Gasteiger partial charge in [-0.15, -0.1) is 0 Å². The van der Waals surface area contributed by atoms with Gasteiger partial charge in [-0.25, -0.2) is 9.36 Å². The lowest BCUT2D eigenvalue weighted by molar-refractivity contribution is 0.179. The van der Waals surface area contributed by atoms with E-state index in [2.05, 4.69) is 18.7 Å². The summed E-state index contributed by atoms with van der Waals surface area (Å²) in [5.74, 6) is 0.291. The van der Waals surface area contributed by atoms with E-state index in [0.717, 1.165) is 11.1 Å². The Hall–Kier alpha value is -2.50. The number of halogens is 2. The van der Waals surface area contributed by atoms with Gasteiger partial charge in [-0.1, -0.05) is 55.2 Å². The van der Waals surface area contributed by atoms with Gasteiger partial charge in [0, 0.05) is 37.4 Å². The van der Waals surface area contributed by atoms with Crippen molar-refractivity contribution in [3.05, 3.63) is 75.0 Å². The minimum absolute atomic E-state index is 0.0885. The van der Waals surface area contributed by atoms with E-state index in [0.29, 0.717) is 41.1 Å². The van der Waals surface area contributed by atoms with Crippen LogP contribution in [0.2, 0.25) is 10.0 Å². The predicted octanol–water partition coefficient (Wildman–Crippen LogP) is 5.12. The molecule has 30 heavy (non-hydrogen) atoms. The number of carbonyl (C=O) groups is 1. The molecule has 2 heterocycles. The van der Waals surface area contributed by atoms with Crippen molar-refractivity contribution in [2.75, 3.05) is 24.5 Å². The van der Waals surface area contributed by atoms with Crippen molar-refractivity contribution in [3.8, 4) is 0 Å². The molecule has 0 radical (unpaired) electrons. The first-order valence-electron chi connectivity index (χ1n) is 9.98. The number of anilines is 1. The maximum Gasteiger partial charge on any atom is 0.331 e. The van der Waals surface area contributed by atoms with Gasteiger partial charge in [0.2, 0.25) is 0 Å². The van der Waals surface area contributed by atoms with E-state index in [-0.39, 0.29) is 17.6 Å². The summed E-state index contributed by atoms with van der Waals surface area (Å²) in [7, 11) is 0. The van der Waals surface area contributed by atoms with Gasteiger partial charge in [0.15, 0.2) is 0 Å². The Labute approximate surface area is 185 Å². The molecule has 5 nitrogen and oxygen atoms in total. The first kappa shape index (κ1) is 20.8. The molecule has 1 aliphatic heterocycles. The minimum atomic E-state index is -0.313. The zero-order valence-electron chi connectivity index (χ0n) is 16.9. The van der Waals surface area contributed by atoms with Crippen LogP contribution in [0.4, 0.5) is 10.5 Å². The molecule has 0 bridgehead atoms. The number of fused-ring (bicyclic) bond motifs is 1. The second kappa shape index (κ2) is 8.32. The van der Waals surface area contributed by atoms with Crippen molar-refractivity contribution in [1.29, 1.82) is 0 Å². The highest BCUT2D eigenvalue weighted by Crippen LogP contribution is 2.31. The molecule has 1 fully saturated rings. The summed E-state index contributed by atoms with van der Waals surface area (Å²) in [5.41, 5.74) is 1.30. The van der Waals surface area contributed by atoms with Crippen LogP contribution in [0.15, 0.2) is 59.4 Å². The Bertz CT molecular complexity index is 1160. The largest absolute Gasteiger partial charge is 0.365 e. The number of rotatable bonds is 2. The van der Waals surface area contributed by atoms with Gasteiger partial charge in [-0.05, 0) is 41.6 Å². The second-order valence-electron chi connectivity index (χ2n) is 7.90. The SMILES string of the molecule is CC(C)C1CN(C(=O)n2c(=O)ccc3ccccc32)CCN1c1ccc(Cl)c(Cl)c1. The summed E-state index contributed by atoms with van der Waals surface area (Å²) >= 11 is 12.3. The summed E-state index contributed by atoms with van der Waals surface area (Å²) in [6, 6.07) is 16.1. The molecular formula is C23H23Cl2N3O2. The maximum atomic E-state index is 13.4. The number of amides is 1. The average molecular weight is 444 g/mol. The lowest BCUT2D eigenvalue weighted by Gasteiger charge is -2.44. The number of para-hydroxylation sites is 1. The molecule has 4 rings (SSSR count). The zero-order valence-corrected chi connectivity index (χ0v) is 18.4. The highest BCUT2D eigenvalue weighted by Gasteiger charge is 2.33. The molecule has 0 saturated carbocycles. The van der Waals surface area contributed by atoms with Crippen LogP contribution in [0.1, 0.15) is 13.8 Å². The van der Waals surface area contributed by atoms with E-state index in [1.807, 2.05) is 30.3 Å². The van der Waals surface area contributed by atoms with Crippen molar-refractivity contribution in [2.45, 2.75) is 19.9 Å². The summed E-state index contributed by atoms with van der Waals surface area (Å²) < 4.78 is 1.28. The second-order valence-corrected chi connectivity index (χ2v) is 8.71. The number of carbonyl (C=O) groups excluding carboxylic acids is 1. The third kappa shape index (κ3) is 3.80. The molecule has 0 N–H and O–H groups in total. The minimum Gasteiger partial charge on any atom is -0.365 e. The summed E-state index contributed by atoms with van der Waals surface area (Å²) in [5, 5.41) is 1.89. The molecule has 7 heteroatoms. The number of hydrogen-bond acceptors (Lipinski definition) is 3. The Balaban J connectivity index is 1.65. The van der Waals surface area contributed by atoms with Crippen molar-refractivity contribution in [2.24, 2.45) is 5.92 Å². The van der Waals surface area contributed by atoms with Crippen molar-refractivity contribution in [3.63, 3.8) is 0 Å². The Morgan fingerprint density at radius 2 is 1.77 bits per heavy atom. The zero-order chi connectivity index (χ0) is 21.4. The first-order valence-corrected chi connectivity index (χ1v) is 10.7. The van der Waals surface area contributed by atoms with Gasteiger partial charge in [0.1, 0.15) is 0 Å². The van der Waals surface area contributed by atoms with Crippen LogP contribution >= 0.6 is 23.2 Å². The molecule has 1 saturated heterocycles. The topological polar surface area (TPSA) is 45.6 Å². The Kier molecular flexibility index (Phi) is 5.76. The van der Waals surface area contributed by atoms with E-state index in [1.54, 1.807) is 23.1 Å². The number of pyridine rings is 1. The lowest BCUT2D eigenvalue weighted by atomic mass is 9.98. The van der Waals surface area contributed by atoms with Crippen LogP contribution in [0.25, 0.3) is 10.9 Å². The highest BCUT2D eigenvalue weighted by atomic mass is 35.5. The number of piperazine rings is 1. The van der Waals surface area contributed by atoms with Gasteiger partial charge < -0.3 is 9.80 Å². The molecule has 2 aromatic carbocycles. The molecule has 1 aliphatic rings. The number of aromatic nitrogens is 1. The fourth-order valence-corrected chi connectivity index (χ4v) is 4.36. The van der Waals surface area contributed by atoms with E-state index in [9.17, 15) is 9.59 Å². The number of benzene rings is 2. The summed E-state index contributed by atoms with van der Waals surface area (Å²) in [6.45, 7) is 5.94. The molecule has 1 aromatic heterocycles. The van der Waals surface area contributed by atoms with Crippen LogP contribution in [-0.4, -0.2) is 41.2 Å². The standard InChI is InChI=1S/C23H23Cl2N3O2/c1-15(2)21-14-26(11-12-27(21)17-8-9-18(24)19(25)13-17)23(30)28-20-6-4-3-5-16(20)7-10-22(28)29/h3-10,13,15,21H,11-12,14H2,1-2H3. The third-order valence-electron chi connectivity index (χ3n) is 5.69. The molecule has 1 amide bonds. The molecule has 0 aliphatic carbocycles. The van der Waals surface area contributed by atoms with E-state index >= 15 is 0 Å². The molecule has 156 valence electrons. The van der Waals surface area contributed by atoms with Crippen LogP contribution in [0.3, 0.4) is 0 Å². The van der Waals surface area contributed by atoms with Crippen molar-refractivity contribution in [1.82, 2.24) is 9.47 Å². The molecule has 1 unspecified atom stereocenters. The predicted molar refractivity (Wildman–Crippen MR) is 123 cm³/mol. The molecule has 3 aromatic rings. The monoisotopic (exact) mass is 443 g/mol. The summed E-state index contributed by atoms with van der Waals surface area (Å²) in [6.07, 6.45) is 0. The van der Waals surface area contributed by atoms with Crippen LogP contribution in [-0.2, 0) is 0 Å². The molecular weight excluding hydrogens is 421 g/mol. The fraction of sp³-hybridized carbons (Fsp3) is 0.304. The number of nitrogens with zero attached hydrogens (tertiary/aromatic N) is 3. The van der Waals surface area contributed by atoms with Gasteiger partial charge >= 0.3 is 6.03 Å². The van der Waals surface area contributed by atoms with Crippen molar-refractivity contribution >= 4 is 45.8 Å². The van der Waals surface area contributed by atoms with Gasteiger partial charge in [0.05, 0.1) is 15.6 Å². The van der Waals surface area contributed by atoms with E-state index in [1.165, 1.54) is 10.6 Å². The van der Waals surface area contributed by atoms with E-state index < -0.39 is 0 Å². The smallest absolute Gasteiger partial charge is 0.331 e. The van der Waals surface area contributed by atoms with Crippen LogP contribution in [0.5, 0.6) is 0 Å². The van der Waals surface area contributed by atoms with Crippen LogP contribution in [0, 0.1) is 5.92 Å². The lowest BCUT2D eigenvalue weighted by Crippen LogP contribution is -2.58. The fourth-order valence-electron chi connectivity index (χ4n) is 4.06. The number of hydrogen-bond donors (Lipinski definition) is 0. The quantitative estimate of drug-likeness (QED) is 0.551. The van der Waals surface area contributed by atoms with Gasteiger partial charge in [0.25, 0.3) is 5.56 Å². The normalized spacial score (nSPS) is 17.0. The van der Waals surface area contributed by atoms with Crippen molar-refractivity contribution < 1.29 is 4.79 Å². The average Bonchev–Trinajstić information content (AvgIpc) is 2.74. The van der Waals surface area contributed by atoms with Gasteiger partial charge in [-0.2, -0.15) is 0 Å². The molecule has 1 atom stereocenters. The highest BCUT2D eigenvalue weighted by molar-refractivity contribution is 6.42. The van der Waals surface area contributed by atoms with Gasteiger partial charge in [-0.3, -0.25) is 4.79 Å². The van der Waals surface area contributed by atoms with Crippen LogP contribution < -0.4 is 10.5 Å². The Morgan fingerprint density at radius 3 is 2.50 bits per heavy atom.